The van der Waals surface area contributed by atoms with Gasteiger partial charge in [0.15, 0.2) is 5.96 Å². The van der Waals surface area contributed by atoms with Crippen molar-refractivity contribution in [3.8, 4) is 0 Å². The summed E-state index contributed by atoms with van der Waals surface area (Å²) in [7, 11) is 1.81. The summed E-state index contributed by atoms with van der Waals surface area (Å²) in [5, 5.41) is 6.66. The zero-order valence-electron chi connectivity index (χ0n) is 13.2. The summed E-state index contributed by atoms with van der Waals surface area (Å²) >= 11 is 0. The SMILES string of the molecule is CCOCCCCNC(=NC)NCCN(CC)CC. The topological polar surface area (TPSA) is 48.9 Å². The van der Waals surface area contributed by atoms with Crippen molar-refractivity contribution in [2.75, 3.05) is 53.0 Å². The van der Waals surface area contributed by atoms with Gasteiger partial charge in [-0.2, -0.15) is 0 Å². The maximum atomic E-state index is 5.30. The fraction of sp³-hybridized carbons (Fsp3) is 0.929. The first-order valence-electron chi connectivity index (χ1n) is 7.53. The Balaban J connectivity index is 3.56. The Bertz CT molecular complexity index is 217. The lowest BCUT2D eigenvalue weighted by molar-refractivity contribution is 0.143. The standard InChI is InChI=1S/C14H32N4O/c1-5-18(6-2)12-11-17-14(15-4)16-10-8-9-13-19-7-3/h5-13H2,1-4H3,(H2,15,16,17). The fourth-order valence-corrected chi connectivity index (χ4v) is 1.77. The highest BCUT2D eigenvalue weighted by atomic mass is 16.5. The lowest BCUT2D eigenvalue weighted by Crippen LogP contribution is -2.41. The van der Waals surface area contributed by atoms with Crippen molar-refractivity contribution in [2.45, 2.75) is 33.6 Å². The maximum Gasteiger partial charge on any atom is 0.191 e. The van der Waals surface area contributed by atoms with Gasteiger partial charge in [-0.1, -0.05) is 13.8 Å². The van der Waals surface area contributed by atoms with Crippen LogP contribution in [0.15, 0.2) is 4.99 Å². The average molecular weight is 272 g/mol. The van der Waals surface area contributed by atoms with Crippen molar-refractivity contribution < 1.29 is 4.74 Å². The number of rotatable bonds is 11. The number of likely N-dealkylation sites (N-methyl/N-ethyl adjacent to an activating group) is 1. The van der Waals surface area contributed by atoms with Gasteiger partial charge in [0.25, 0.3) is 0 Å². The zero-order valence-corrected chi connectivity index (χ0v) is 13.2. The Morgan fingerprint density at radius 2 is 1.74 bits per heavy atom. The van der Waals surface area contributed by atoms with Crippen LogP contribution in [0.1, 0.15) is 33.6 Å². The Morgan fingerprint density at radius 1 is 1.05 bits per heavy atom. The molecule has 0 saturated carbocycles. The maximum absolute atomic E-state index is 5.30. The van der Waals surface area contributed by atoms with Crippen LogP contribution in [0.4, 0.5) is 0 Å². The quantitative estimate of drug-likeness (QED) is 0.338. The van der Waals surface area contributed by atoms with Gasteiger partial charge in [0.2, 0.25) is 0 Å². The van der Waals surface area contributed by atoms with Gasteiger partial charge in [0.1, 0.15) is 0 Å². The summed E-state index contributed by atoms with van der Waals surface area (Å²) in [6.07, 6.45) is 2.20. The van der Waals surface area contributed by atoms with Gasteiger partial charge in [-0.05, 0) is 32.9 Å². The molecule has 0 aliphatic carbocycles. The lowest BCUT2D eigenvalue weighted by Gasteiger charge is -2.19. The van der Waals surface area contributed by atoms with Crippen LogP contribution in [0.2, 0.25) is 0 Å². The van der Waals surface area contributed by atoms with Crippen molar-refractivity contribution in [3.63, 3.8) is 0 Å². The van der Waals surface area contributed by atoms with E-state index in [0.717, 1.165) is 64.7 Å². The van der Waals surface area contributed by atoms with E-state index in [2.05, 4.69) is 34.4 Å². The minimum atomic E-state index is 0.808. The van der Waals surface area contributed by atoms with E-state index in [4.69, 9.17) is 4.74 Å². The van der Waals surface area contributed by atoms with Crippen molar-refractivity contribution in [2.24, 2.45) is 4.99 Å². The average Bonchev–Trinajstić information content (AvgIpc) is 2.45. The second-order valence-corrected chi connectivity index (χ2v) is 4.36. The van der Waals surface area contributed by atoms with Crippen LogP contribution in [-0.4, -0.2) is 63.8 Å². The minimum absolute atomic E-state index is 0.808. The first kappa shape index (κ1) is 18.2. The molecule has 0 radical (unpaired) electrons. The number of nitrogens with one attached hydrogen (secondary N) is 2. The van der Waals surface area contributed by atoms with Crippen LogP contribution in [0.3, 0.4) is 0 Å². The van der Waals surface area contributed by atoms with Gasteiger partial charge in [0, 0.05) is 39.9 Å². The van der Waals surface area contributed by atoms with Crippen LogP contribution >= 0.6 is 0 Å². The summed E-state index contributed by atoms with van der Waals surface area (Å²) in [4.78, 5) is 6.61. The zero-order chi connectivity index (χ0) is 14.3. The number of aliphatic imine (C=N–C) groups is 1. The molecule has 114 valence electrons. The van der Waals surface area contributed by atoms with Gasteiger partial charge in [-0.25, -0.2) is 0 Å². The number of ether oxygens (including phenoxy) is 1. The van der Waals surface area contributed by atoms with E-state index >= 15 is 0 Å². The molecule has 0 aliphatic heterocycles. The van der Waals surface area contributed by atoms with Crippen molar-refractivity contribution >= 4 is 5.96 Å². The normalized spacial score (nSPS) is 11.9. The second kappa shape index (κ2) is 13.6. The number of guanidine groups is 1. The van der Waals surface area contributed by atoms with Crippen LogP contribution in [0.25, 0.3) is 0 Å². The molecular formula is C14H32N4O. The summed E-state index contributed by atoms with van der Waals surface area (Å²) in [6.45, 7) is 13.2. The van der Waals surface area contributed by atoms with Gasteiger partial charge in [-0.3, -0.25) is 4.99 Å². The molecule has 0 heterocycles. The molecule has 0 saturated heterocycles. The van der Waals surface area contributed by atoms with Gasteiger partial charge < -0.3 is 20.3 Å². The molecule has 0 aromatic carbocycles. The summed E-state index contributed by atoms with van der Waals surface area (Å²) in [5.74, 6) is 0.892. The van der Waals surface area contributed by atoms with Gasteiger partial charge in [0.05, 0.1) is 0 Å². The summed E-state index contributed by atoms with van der Waals surface area (Å²) in [6, 6.07) is 0. The van der Waals surface area contributed by atoms with Crippen LogP contribution < -0.4 is 10.6 Å². The van der Waals surface area contributed by atoms with E-state index in [9.17, 15) is 0 Å². The minimum Gasteiger partial charge on any atom is -0.382 e. The van der Waals surface area contributed by atoms with Crippen LogP contribution in [0, 0.1) is 0 Å². The fourth-order valence-electron chi connectivity index (χ4n) is 1.77. The number of nitrogens with zero attached hydrogens (tertiary/aromatic N) is 2. The van der Waals surface area contributed by atoms with Gasteiger partial charge >= 0.3 is 0 Å². The molecule has 0 rings (SSSR count). The second-order valence-electron chi connectivity index (χ2n) is 4.36. The van der Waals surface area contributed by atoms with E-state index < -0.39 is 0 Å². The predicted octanol–water partition coefficient (Wildman–Crippen LogP) is 1.31. The molecular weight excluding hydrogens is 240 g/mol. The smallest absolute Gasteiger partial charge is 0.191 e. The summed E-state index contributed by atoms with van der Waals surface area (Å²) in [5.41, 5.74) is 0. The molecule has 0 fully saturated rings. The Morgan fingerprint density at radius 3 is 2.32 bits per heavy atom. The van der Waals surface area contributed by atoms with Crippen molar-refractivity contribution in [1.82, 2.24) is 15.5 Å². The molecule has 0 atom stereocenters. The summed E-state index contributed by atoms with van der Waals surface area (Å²) < 4.78 is 5.30. The molecule has 0 spiro atoms. The molecule has 0 aromatic heterocycles. The molecule has 5 heteroatoms. The third kappa shape index (κ3) is 10.8. The largest absolute Gasteiger partial charge is 0.382 e. The van der Waals surface area contributed by atoms with E-state index in [1.165, 1.54) is 0 Å². The third-order valence-electron chi connectivity index (χ3n) is 3.05. The van der Waals surface area contributed by atoms with Crippen molar-refractivity contribution in [3.05, 3.63) is 0 Å². The first-order chi connectivity index (χ1) is 9.28. The molecule has 0 amide bonds. The molecule has 0 bridgehead atoms. The molecule has 0 unspecified atom stereocenters. The van der Waals surface area contributed by atoms with E-state index in [0.29, 0.717) is 0 Å². The first-order valence-corrected chi connectivity index (χ1v) is 7.53. The van der Waals surface area contributed by atoms with Crippen LogP contribution in [-0.2, 0) is 4.74 Å². The molecule has 19 heavy (non-hydrogen) atoms. The number of unbranched alkanes of at least 4 members (excludes halogenated alkanes) is 1. The molecule has 0 aromatic rings. The molecule has 0 aliphatic rings. The molecule has 2 N–H and O–H groups in total. The highest BCUT2D eigenvalue weighted by molar-refractivity contribution is 5.79. The van der Waals surface area contributed by atoms with Crippen molar-refractivity contribution in [1.29, 1.82) is 0 Å². The highest BCUT2D eigenvalue weighted by Gasteiger charge is 2.00. The van der Waals surface area contributed by atoms with Gasteiger partial charge in [-0.15, -0.1) is 0 Å². The highest BCUT2D eigenvalue weighted by Crippen LogP contribution is 1.88. The monoisotopic (exact) mass is 272 g/mol. The predicted molar refractivity (Wildman–Crippen MR) is 82.9 cm³/mol. The number of hydrogen-bond acceptors (Lipinski definition) is 3. The molecule has 5 nitrogen and oxygen atoms in total. The lowest BCUT2D eigenvalue weighted by atomic mass is 10.3. The van der Waals surface area contributed by atoms with E-state index in [1.54, 1.807) is 0 Å². The Labute approximate surface area is 118 Å². The van der Waals surface area contributed by atoms with Crippen LogP contribution in [0.5, 0.6) is 0 Å². The Kier molecular flexibility index (Phi) is 13.0. The Hall–Kier alpha value is -0.810. The number of hydrogen-bond donors (Lipinski definition) is 2. The third-order valence-corrected chi connectivity index (χ3v) is 3.05. The van der Waals surface area contributed by atoms with E-state index in [1.807, 2.05) is 14.0 Å². The van der Waals surface area contributed by atoms with E-state index in [-0.39, 0.29) is 0 Å².